The normalized spacial score (nSPS) is 18.1. The van der Waals surface area contributed by atoms with Crippen molar-refractivity contribution < 1.29 is 27.8 Å². The number of aliphatic hydroxyl groups is 1. The molecule has 0 aliphatic carbocycles. The van der Waals surface area contributed by atoms with E-state index in [0.717, 1.165) is 11.4 Å². The Morgan fingerprint density at radius 2 is 2.00 bits per heavy atom. The van der Waals surface area contributed by atoms with Gasteiger partial charge in [0.05, 0.1) is 28.7 Å². The lowest BCUT2D eigenvalue weighted by Crippen LogP contribution is -2.55. The second-order valence-electron chi connectivity index (χ2n) is 7.08. The SMILES string of the molecule is COc1ccc2c(c1)N(C)C(CCCO)(Nc1nc3ccc(OC(F)(F)F)cc3s1)N2. The number of nitrogens with zero attached hydrogens (tertiary/aromatic N) is 2. The van der Waals surface area contributed by atoms with Crippen LogP contribution in [0.1, 0.15) is 12.8 Å². The van der Waals surface area contributed by atoms with Gasteiger partial charge in [-0.2, -0.15) is 0 Å². The molecule has 0 saturated carbocycles. The van der Waals surface area contributed by atoms with Crippen LogP contribution < -0.4 is 25.0 Å². The number of aliphatic hydroxyl groups excluding tert-OH is 1. The Morgan fingerprint density at radius 1 is 1.23 bits per heavy atom. The first-order valence-electron chi connectivity index (χ1n) is 9.48. The van der Waals surface area contributed by atoms with E-state index in [1.807, 2.05) is 30.1 Å². The standard InChI is InChI=1S/C20H21F3N4O3S/c1-27-16-10-12(29-2)4-6-14(16)25-19(27,8-3-9-28)26-18-24-15-7-5-13(11-17(15)31-18)30-20(21,22)23/h4-7,10-11,25,28H,3,8-9H2,1-2H3,(H,24,26). The lowest BCUT2D eigenvalue weighted by Gasteiger charge is -2.38. The van der Waals surface area contributed by atoms with Crippen LogP contribution in [-0.2, 0) is 0 Å². The molecule has 7 nitrogen and oxygen atoms in total. The van der Waals surface area contributed by atoms with E-state index in [2.05, 4.69) is 20.4 Å². The number of ether oxygens (including phenoxy) is 2. The van der Waals surface area contributed by atoms with Gasteiger partial charge in [0, 0.05) is 32.2 Å². The number of benzene rings is 2. The molecule has 0 bridgehead atoms. The summed E-state index contributed by atoms with van der Waals surface area (Å²) >= 11 is 1.22. The monoisotopic (exact) mass is 454 g/mol. The first-order chi connectivity index (χ1) is 14.7. The van der Waals surface area contributed by atoms with Gasteiger partial charge < -0.3 is 30.1 Å². The van der Waals surface area contributed by atoms with E-state index in [-0.39, 0.29) is 12.4 Å². The Balaban J connectivity index is 1.65. The predicted octanol–water partition coefficient (Wildman–Crippen LogP) is 4.60. The van der Waals surface area contributed by atoms with Crippen LogP contribution in [0.5, 0.6) is 11.5 Å². The average Bonchev–Trinajstić information content (AvgIpc) is 3.23. The molecule has 166 valence electrons. The second-order valence-corrected chi connectivity index (χ2v) is 8.11. The average molecular weight is 454 g/mol. The maximum Gasteiger partial charge on any atom is 0.573 e. The first-order valence-corrected chi connectivity index (χ1v) is 10.3. The fraction of sp³-hybridized carbons (Fsp3) is 0.350. The van der Waals surface area contributed by atoms with Gasteiger partial charge in [-0.05, 0) is 30.7 Å². The van der Waals surface area contributed by atoms with Crippen molar-refractivity contribution in [1.82, 2.24) is 4.98 Å². The van der Waals surface area contributed by atoms with E-state index in [1.165, 1.54) is 29.5 Å². The number of halogens is 3. The molecule has 3 aromatic rings. The van der Waals surface area contributed by atoms with Crippen molar-refractivity contribution in [2.24, 2.45) is 0 Å². The van der Waals surface area contributed by atoms with Crippen molar-refractivity contribution >= 4 is 38.1 Å². The number of anilines is 3. The predicted molar refractivity (Wildman–Crippen MR) is 114 cm³/mol. The molecule has 1 aliphatic heterocycles. The van der Waals surface area contributed by atoms with E-state index in [4.69, 9.17) is 4.74 Å². The summed E-state index contributed by atoms with van der Waals surface area (Å²) in [4.78, 5) is 6.52. The molecular formula is C20H21F3N4O3S. The zero-order valence-corrected chi connectivity index (χ0v) is 17.6. The fourth-order valence-electron chi connectivity index (χ4n) is 3.61. The highest BCUT2D eigenvalue weighted by atomic mass is 32.1. The summed E-state index contributed by atoms with van der Waals surface area (Å²) in [5, 5.41) is 16.8. The Bertz CT molecular complexity index is 1090. The minimum absolute atomic E-state index is 0.0105. The largest absolute Gasteiger partial charge is 0.573 e. The highest BCUT2D eigenvalue weighted by molar-refractivity contribution is 7.22. The zero-order chi connectivity index (χ0) is 22.2. The van der Waals surface area contributed by atoms with Crippen molar-refractivity contribution in [2.45, 2.75) is 25.0 Å². The van der Waals surface area contributed by atoms with E-state index in [1.54, 1.807) is 7.11 Å². The molecule has 0 radical (unpaired) electrons. The van der Waals surface area contributed by atoms with Crippen LogP contribution >= 0.6 is 11.3 Å². The van der Waals surface area contributed by atoms with Crippen LogP contribution in [0.3, 0.4) is 0 Å². The highest BCUT2D eigenvalue weighted by Crippen LogP contribution is 2.44. The topological polar surface area (TPSA) is 78.9 Å². The molecule has 1 aromatic heterocycles. The smallest absolute Gasteiger partial charge is 0.497 e. The first kappa shape index (κ1) is 21.3. The molecule has 1 unspecified atom stereocenters. The van der Waals surface area contributed by atoms with Gasteiger partial charge in [0.1, 0.15) is 11.5 Å². The van der Waals surface area contributed by atoms with Crippen LogP contribution in [0, 0.1) is 0 Å². The van der Waals surface area contributed by atoms with Gasteiger partial charge in [-0.1, -0.05) is 11.3 Å². The minimum atomic E-state index is -4.75. The summed E-state index contributed by atoms with van der Waals surface area (Å²) in [6.07, 6.45) is -3.70. The maximum absolute atomic E-state index is 12.5. The minimum Gasteiger partial charge on any atom is -0.497 e. The molecule has 2 heterocycles. The van der Waals surface area contributed by atoms with Gasteiger partial charge in [0.2, 0.25) is 0 Å². The number of fused-ring (bicyclic) bond motifs is 2. The zero-order valence-electron chi connectivity index (χ0n) is 16.8. The third-order valence-corrected chi connectivity index (χ3v) is 6.02. The summed E-state index contributed by atoms with van der Waals surface area (Å²) in [5.41, 5.74) is 2.35. The summed E-state index contributed by atoms with van der Waals surface area (Å²) in [6, 6.07) is 9.71. The van der Waals surface area contributed by atoms with Crippen LogP contribution in [-0.4, -0.2) is 43.0 Å². The molecule has 31 heavy (non-hydrogen) atoms. The number of alkyl halides is 3. The van der Waals surface area contributed by atoms with E-state index >= 15 is 0 Å². The van der Waals surface area contributed by atoms with Crippen LogP contribution in [0.25, 0.3) is 10.2 Å². The van der Waals surface area contributed by atoms with E-state index < -0.39 is 12.1 Å². The lowest BCUT2D eigenvalue weighted by molar-refractivity contribution is -0.274. The number of thiazole rings is 1. The van der Waals surface area contributed by atoms with Gasteiger partial charge in [0.15, 0.2) is 10.9 Å². The Labute approximate surface area is 180 Å². The van der Waals surface area contributed by atoms with Crippen molar-refractivity contribution in [3.05, 3.63) is 36.4 Å². The van der Waals surface area contributed by atoms with Crippen LogP contribution in [0.4, 0.5) is 29.7 Å². The molecule has 2 aromatic carbocycles. The van der Waals surface area contributed by atoms with Crippen molar-refractivity contribution in [2.75, 3.05) is 36.3 Å². The van der Waals surface area contributed by atoms with Crippen LogP contribution in [0.15, 0.2) is 36.4 Å². The molecule has 1 atom stereocenters. The highest BCUT2D eigenvalue weighted by Gasteiger charge is 2.42. The van der Waals surface area contributed by atoms with Gasteiger partial charge in [-0.25, -0.2) is 4.98 Å². The molecule has 0 spiro atoms. The number of nitrogens with one attached hydrogen (secondary N) is 2. The summed E-state index contributed by atoms with van der Waals surface area (Å²) in [6.45, 7) is 0.0105. The van der Waals surface area contributed by atoms with E-state index in [9.17, 15) is 18.3 Å². The van der Waals surface area contributed by atoms with E-state index in [0.29, 0.717) is 33.9 Å². The quantitative estimate of drug-likeness (QED) is 0.481. The molecule has 0 fully saturated rings. The van der Waals surface area contributed by atoms with Crippen molar-refractivity contribution in [3.8, 4) is 11.5 Å². The van der Waals surface area contributed by atoms with Gasteiger partial charge >= 0.3 is 6.36 Å². The fourth-order valence-corrected chi connectivity index (χ4v) is 4.57. The lowest BCUT2D eigenvalue weighted by atomic mass is 10.1. The van der Waals surface area contributed by atoms with Crippen molar-refractivity contribution in [1.29, 1.82) is 0 Å². The summed E-state index contributed by atoms with van der Waals surface area (Å²) < 4.78 is 47.5. The Morgan fingerprint density at radius 3 is 2.71 bits per heavy atom. The van der Waals surface area contributed by atoms with Gasteiger partial charge in [-0.15, -0.1) is 13.2 Å². The Kier molecular flexibility index (Phi) is 5.48. The molecule has 1 aliphatic rings. The molecular weight excluding hydrogens is 433 g/mol. The maximum atomic E-state index is 12.5. The molecule has 0 saturated heterocycles. The third kappa shape index (κ3) is 4.28. The summed E-state index contributed by atoms with van der Waals surface area (Å²) in [7, 11) is 3.50. The van der Waals surface area contributed by atoms with Crippen LogP contribution in [0.2, 0.25) is 0 Å². The summed E-state index contributed by atoms with van der Waals surface area (Å²) in [5.74, 6) is -0.361. The molecule has 3 N–H and O–H groups in total. The number of aromatic nitrogens is 1. The Hall–Kier alpha value is -2.92. The molecule has 11 heteroatoms. The third-order valence-electron chi connectivity index (χ3n) is 5.08. The molecule has 4 rings (SSSR count). The number of rotatable bonds is 7. The number of hydrogen-bond acceptors (Lipinski definition) is 8. The van der Waals surface area contributed by atoms with Gasteiger partial charge in [-0.3, -0.25) is 0 Å². The molecule has 0 amide bonds. The number of hydrogen-bond donors (Lipinski definition) is 3. The second kappa shape index (κ2) is 7.97. The number of methoxy groups -OCH3 is 1. The van der Waals surface area contributed by atoms with Crippen molar-refractivity contribution in [3.63, 3.8) is 0 Å². The van der Waals surface area contributed by atoms with Gasteiger partial charge in [0.25, 0.3) is 0 Å².